The van der Waals surface area contributed by atoms with Gasteiger partial charge in [0.1, 0.15) is 0 Å². The van der Waals surface area contributed by atoms with Crippen molar-refractivity contribution < 1.29 is 27.5 Å². The van der Waals surface area contributed by atoms with Crippen LogP contribution in [0.25, 0.3) is 0 Å². The fourth-order valence-corrected chi connectivity index (χ4v) is 3.86. The van der Waals surface area contributed by atoms with Gasteiger partial charge in [0.05, 0.1) is 17.4 Å². The molecule has 0 aliphatic carbocycles. The summed E-state index contributed by atoms with van der Waals surface area (Å²) in [5.74, 6) is -0.313. The number of nitrogens with one attached hydrogen (secondary N) is 3. The van der Waals surface area contributed by atoms with Gasteiger partial charge in [-0.1, -0.05) is 30.3 Å². The van der Waals surface area contributed by atoms with E-state index in [2.05, 4.69) is 16.0 Å². The van der Waals surface area contributed by atoms with Crippen molar-refractivity contribution in [2.24, 2.45) is 0 Å². The molecule has 6 nitrogen and oxygen atoms in total. The molecule has 4 rings (SSSR count). The standard InChI is InChI=1S/C26H24F3N3O3/c27-26(28,29)18-9-6-10-19(15-18)31-25(34)32-22-16-20(30-24(33)17-7-2-1-3-8-17)12-13-21(22)23-11-4-5-14-35-23/h1-3,6-10,12-13,15-16,23H,4-5,11,14H2,(H,30,33)(H2,31,32,34). The van der Waals surface area contributed by atoms with E-state index in [1.807, 2.05) is 0 Å². The van der Waals surface area contributed by atoms with Crippen molar-refractivity contribution >= 4 is 29.0 Å². The molecule has 0 bridgehead atoms. The van der Waals surface area contributed by atoms with Gasteiger partial charge < -0.3 is 20.7 Å². The molecular formula is C26H24F3N3O3. The number of hydrogen-bond donors (Lipinski definition) is 3. The number of urea groups is 1. The summed E-state index contributed by atoms with van der Waals surface area (Å²) >= 11 is 0. The summed E-state index contributed by atoms with van der Waals surface area (Å²) in [5.41, 5.74) is 1.18. The number of benzene rings is 3. The van der Waals surface area contributed by atoms with Gasteiger partial charge in [0, 0.05) is 29.1 Å². The Kier molecular flexibility index (Phi) is 7.36. The highest BCUT2D eigenvalue weighted by Crippen LogP contribution is 2.35. The first kappa shape index (κ1) is 24.3. The van der Waals surface area contributed by atoms with Crippen LogP contribution in [-0.4, -0.2) is 18.5 Å². The van der Waals surface area contributed by atoms with E-state index in [1.54, 1.807) is 48.5 Å². The van der Waals surface area contributed by atoms with Gasteiger partial charge in [0.15, 0.2) is 0 Å². The molecule has 3 aromatic carbocycles. The highest BCUT2D eigenvalue weighted by Gasteiger charge is 2.30. The first-order chi connectivity index (χ1) is 16.8. The molecule has 1 saturated heterocycles. The van der Waals surface area contributed by atoms with E-state index in [9.17, 15) is 22.8 Å². The summed E-state index contributed by atoms with van der Waals surface area (Å²) in [6.07, 6.45) is -2.09. The molecule has 3 amide bonds. The molecule has 0 radical (unpaired) electrons. The van der Waals surface area contributed by atoms with Crippen LogP contribution in [0, 0.1) is 0 Å². The lowest BCUT2D eigenvalue weighted by Crippen LogP contribution is -2.22. The lowest BCUT2D eigenvalue weighted by Gasteiger charge is -2.25. The minimum Gasteiger partial charge on any atom is -0.373 e. The third-order valence-corrected chi connectivity index (χ3v) is 5.57. The van der Waals surface area contributed by atoms with Crippen LogP contribution in [0.3, 0.4) is 0 Å². The molecule has 0 saturated carbocycles. The largest absolute Gasteiger partial charge is 0.416 e. The third kappa shape index (κ3) is 6.39. The fraction of sp³-hybridized carbons (Fsp3) is 0.231. The number of ether oxygens (including phenoxy) is 1. The molecule has 1 atom stereocenters. The van der Waals surface area contributed by atoms with Gasteiger partial charge in [-0.25, -0.2) is 4.79 Å². The molecule has 182 valence electrons. The van der Waals surface area contributed by atoms with E-state index < -0.39 is 17.8 Å². The van der Waals surface area contributed by atoms with Crippen LogP contribution in [0.15, 0.2) is 72.8 Å². The number of rotatable bonds is 5. The van der Waals surface area contributed by atoms with Crippen LogP contribution in [0.5, 0.6) is 0 Å². The Morgan fingerprint density at radius 2 is 1.60 bits per heavy atom. The van der Waals surface area contributed by atoms with Gasteiger partial charge in [0.25, 0.3) is 5.91 Å². The van der Waals surface area contributed by atoms with Gasteiger partial charge in [0.2, 0.25) is 0 Å². The zero-order chi connectivity index (χ0) is 24.8. The zero-order valence-electron chi connectivity index (χ0n) is 18.7. The first-order valence-electron chi connectivity index (χ1n) is 11.2. The second-order valence-corrected chi connectivity index (χ2v) is 8.14. The lowest BCUT2D eigenvalue weighted by molar-refractivity contribution is -0.137. The van der Waals surface area contributed by atoms with Crippen LogP contribution in [0.1, 0.15) is 46.9 Å². The average Bonchev–Trinajstić information content (AvgIpc) is 2.85. The first-order valence-corrected chi connectivity index (χ1v) is 11.2. The predicted octanol–water partition coefficient (Wildman–Crippen LogP) is 6.84. The van der Waals surface area contributed by atoms with Gasteiger partial charge in [-0.05, 0) is 61.7 Å². The summed E-state index contributed by atoms with van der Waals surface area (Å²) in [4.78, 5) is 25.3. The topological polar surface area (TPSA) is 79.5 Å². The van der Waals surface area contributed by atoms with E-state index in [-0.39, 0.29) is 17.7 Å². The number of alkyl halides is 3. The summed E-state index contributed by atoms with van der Waals surface area (Å²) in [7, 11) is 0. The fourth-order valence-electron chi connectivity index (χ4n) is 3.86. The van der Waals surface area contributed by atoms with Crippen molar-refractivity contribution in [2.45, 2.75) is 31.5 Å². The normalized spacial score (nSPS) is 15.8. The van der Waals surface area contributed by atoms with E-state index >= 15 is 0 Å². The maximum Gasteiger partial charge on any atom is 0.416 e. The van der Waals surface area contributed by atoms with Crippen LogP contribution in [-0.2, 0) is 10.9 Å². The number of halogens is 3. The molecule has 3 N–H and O–H groups in total. The number of carbonyl (C=O) groups excluding carboxylic acids is 2. The minimum absolute atomic E-state index is 0.00123. The lowest BCUT2D eigenvalue weighted by atomic mass is 9.99. The van der Waals surface area contributed by atoms with Crippen LogP contribution >= 0.6 is 0 Å². The van der Waals surface area contributed by atoms with Crippen LogP contribution < -0.4 is 16.0 Å². The van der Waals surface area contributed by atoms with Crippen molar-refractivity contribution in [2.75, 3.05) is 22.6 Å². The van der Waals surface area contributed by atoms with Crippen molar-refractivity contribution in [1.82, 2.24) is 0 Å². The number of hydrogen-bond acceptors (Lipinski definition) is 3. The Bertz CT molecular complexity index is 1190. The maximum atomic E-state index is 13.0. The molecule has 1 aliphatic heterocycles. The molecule has 0 aromatic heterocycles. The smallest absolute Gasteiger partial charge is 0.373 e. The Labute approximate surface area is 200 Å². The maximum absolute atomic E-state index is 13.0. The summed E-state index contributed by atoms with van der Waals surface area (Å²) in [5, 5.41) is 7.95. The van der Waals surface area contributed by atoms with Crippen LogP contribution in [0.2, 0.25) is 0 Å². The molecule has 35 heavy (non-hydrogen) atoms. The number of amides is 3. The molecule has 1 unspecified atom stereocenters. The Balaban J connectivity index is 1.55. The van der Waals surface area contributed by atoms with Crippen LogP contribution in [0.4, 0.5) is 35.0 Å². The second kappa shape index (κ2) is 10.6. The molecular weight excluding hydrogens is 459 g/mol. The van der Waals surface area contributed by atoms with E-state index in [0.29, 0.717) is 23.5 Å². The number of anilines is 3. The van der Waals surface area contributed by atoms with E-state index in [0.717, 1.165) is 37.0 Å². The van der Waals surface area contributed by atoms with Gasteiger partial charge >= 0.3 is 12.2 Å². The molecule has 9 heteroatoms. The van der Waals surface area contributed by atoms with Gasteiger partial charge in [-0.2, -0.15) is 13.2 Å². The number of carbonyl (C=O) groups is 2. The summed E-state index contributed by atoms with van der Waals surface area (Å²) in [6.45, 7) is 0.590. The Morgan fingerprint density at radius 1 is 0.829 bits per heavy atom. The molecule has 1 aliphatic rings. The molecule has 1 heterocycles. The Morgan fingerprint density at radius 3 is 2.31 bits per heavy atom. The summed E-state index contributed by atoms with van der Waals surface area (Å²) < 4.78 is 44.9. The zero-order valence-corrected chi connectivity index (χ0v) is 18.7. The molecule has 0 spiro atoms. The second-order valence-electron chi connectivity index (χ2n) is 8.14. The van der Waals surface area contributed by atoms with Gasteiger partial charge in [-0.3, -0.25) is 4.79 Å². The van der Waals surface area contributed by atoms with E-state index in [1.165, 1.54) is 12.1 Å². The van der Waals surface area contributed by atoms with E-state index in [4.69, 9.17) is 4.74 Å². The highest BCUT2D eigenvalue weighted by molar-refractivity contribution is 6.05. The average molecular weight is 483 g/mol. The van der Waals surface area contributed by atoms with Gasteiger partial charge in [-0.15, -0.1) is 0 Å². The Hall–Kier alpha value is -3.85. The monoisotopic (exact) mass is 483 g/mol. The quantitative estimate of drug-likeness (QED) is 0.372. The van der Waals surface area contributed by atoms with Crippen molar-refractivity contribution in [3.63, 3.8) is 0 Å². The highest BCUT2D eigenvalue weighted by atomic mass is 19.4. The third-order valence-electron chi connectivity index (χ3n) is 5.57. The molecule has 3 aromatic rings. The molecule has 1 fully saturated rings. The van der Waals surface area contributed by atoms with Crippen molar-refractivity contribution in [1.29, 1.82) is 0 Å². The van der Waals surface area contributed by atoms with Crippen molar-refractivity contribution in [3.05, 3.63) is 89.5 Å². The minimum atomic E-state index is -4.52. The summed E-state index contributed by atoms with van der Waals surface area (Å²) in [6, 6.07) is 17.5. The SMILES string of the molecule is O=C(Nc1cccc(C(F)(F)F)c1)Nc1cc(NC(=O)c2ccccc2)ccc1C1CCCCO1. The van der Waals surface area contributed by atoms with Crippen molar-refractivity contribution in [3.8, 4) is 0 Å². The predicted molar refractivity (Wildman–Crippen MR) is 127 cm³/mol.